The van der Waals surface area contributed by atoms with E-state index in [1.807, 2.05) is 76.9 Å². The monoisotopic (exact) mass is 1000 g/mol. The van der Waals surface area contributed by atoms with Crippen LogP contribution in [0.5, 0.6) is 0 Å². The van der Waals surface area contributed by atoms with E-state index in [-0.39, 0.29) is 112 Å². The average molecular weight is 1000 g/mol. The second-order valence-electron chi connectivity index (χ2n) is 19.1. The number of aromatic nitrogens is 1. The third-order valence-electron chi connectivity index (χ3n) is 13.5. The second kappa shape index (κ2) is 31.2. The minimum absolute atomic E-state index is 0.00911. The molecule has 2 aromatic rings. The van der Waals surface area contributed by atoms with Crippen LogP contribution in [0.25, 0.3) is 0 Å². The minimum Gasteiger partial charge on any atom is -0.379 e. The predicted molar refractivity (Wildman–Crippen MR) is 268 cm³/mol. The van der Waals surface area contributed by atoms with Gasteiger partial charge in [-0.25, -0.2) is 10.9 Å². The number of likely N-dealkylation sites (N-methyl/N-ethyl adjacent to an activating group) is 2. The molecule has 0 saturated carbocycles. The molecule has 0 bridgehead atoms. The van der Waals surface area contributed by atoms with Gasteiger partial charge >= 0.3 is 0 Å². The highest BCUT2D eigenvalue weighted by Gasteiger charge is 2.43. The van der Waals surface area contributed by atoms with Gasteiger partial charge in [0.05, 0.1) is 68.6 Å². The fourth-order valence-corrected chi connectivity index (χ4v) is 10.2. The van der Waals surface area contributed by atoms with Crippen LogP contribution in [-0.4, -0.2) is 166 Å². The van der Waals surface area contributed by atoms with Crippen LogP contribution in [-0.2, 0) is 59.0 Å². The number of Topliss-reactive ketones (excluding diaryl/α,β-unsaturated/α-hetero) is 1. The smallest absolute Gasteiger partial charge is 0.248 e. The number of benzene rings is 1. The van der Waals surface area contributed by atoms with Crippen molar-refractivity contribution in [2.24, 2.45) is 29.6 Å². The van der Waals surface area contributed by atoms with Crippen LogP contribution < -0.4 is 16.5 Å². The summed E-state index contributed by atoms with van der Waals surface area (Å²) in [7, 11) is 6.41. The van der Waals surface area contributed by atoms with E-state index in [1.54, 1.807) is 50.7 Å². The number of carbonyl (C=O) groups is 6. The van der Waals surface area contributed by atoms with Gasteiger partial charge < -0.3 is 44.3 Å². The summed E-state index contributed by atoms with van der Waals surface area (Å²) in [5.41, 5.74) is 1.13. The molecule has 5 amide bonds. The molecule has 2 unspecified atom stereocenters. The molecule has 19 heteroatoms. The summed E-state index contributed by atoms with van der Waals surface area (Å²) in [6.45, 7) is 14.7. The number of hydrogen-bond donors (Lipinski definition) is 3. The van der Waals surface area contributed by atoms with Crippen LogP contribution >= 0.6 is 11.3 Å². The Balaban J connectivity index is 1.68. The van der Waals surface area contributed by atoms with E-state index in [0.29, 0.717) is 32.2 Å². The molecule has 4 N–H and O–H groups in total. The molecule has 1 aliphatic heterocycles. The molecule has 0 spiro atoms. The Morgan fingerprint density at radius 1 is 0.900 bits per heavy atom. The van der Waals surface area contributed by atoms with Gasteiger partial charge in [-0.15, -0.1) is 11.3 Å². The van der Waals surface area contributed by atoms with Crippen molar-refractivity contribution in [1.82, 2.24) is 30.3 Å². The molecule has 1 saturated heterocycles. The molecule has 0 aliphatic carbocycles. The Kier molecular flexibility index (Phi) is 26.7. The number of nitrogens with two attached hydrogens (primary N) is 1. The lowest BCUT2D eigenvalue weighted by Gasteiger charge is -2.41. The van der Waals surface area contributed by atoms with Gasteiger partial charge in [-0.05, 0) is 42.6 Å². The summed E-state index contributed by atoms with van der Waals surface area (Å²) >= 11 is 1.55. The zero-order valence-corrected chi connectivity index (χ0v) is 44.4. The lowest BCUT2D eigenvalue weighted by molar-refractivity contribution is -0.148. The zero-order chi connectivity index (χ0) is 51.9. The van der Waals surface area contributed by atoms with E-state index in [1.165, 1.54) is 4.90 Å². The Bertz CT molecular complexity index is 1890. The Labute approximate surface area is 420 Å². The van der Waals surface area contributed by atoms with E-state index in [9.17, 15) is 28.8 Å². The number of rotatable bonds is 33. The average Bonchev–Trinajstić information content (AvgIpc) is 4.06. The van der Waals surface area contributed by atoms with Crippen molar-refractivity contribution in [2.45, 2.75) is 136 Å². The molecule has 70 heavy (non-hydrogen) atoms. The van der Waals surface area contributed by atoms with Gasteiger partial charge in [-0.1, -0.05) is 85.2 Å². The number of thiazole rings is 1. The highest BCUT2D eigenvalue weighted by molar-refractivity contribution is 7.09. The normalized spacial score (nSPS) is 17.3. The predicted octanol–water partition coefficient (Wildman–Crippen LogP) is 4.40. The molecule has 9 atom stereocenters. The highest BCUT2D eigenvalue weighted by atomic mass is 32.1. The van der Waals surface area contributed by atoms with Gasteiger partial charge in [0, 0.05) is 71.2 Å². The number of nitrogens with one attached hydrogen (secondary N) is 2. The number of amides is 5. The van der Waals surface area contributed by atoms with Crippen molar-refractivity contribution in [2.75, 3.05) is 74.4 Å². The Hall–Kier alpha value is -4.37. The van der Waals surface area contributed by atoms with Crippen molar-refractivity contribution in [3.05, 3.63) is 52.5 Å². The largest absolute Gasteiger partial charge is 0.379 e. The van der Waals surface area contributed by atoms with E-state index in [4.69, 9.17) is 24.8 Å². The molecule has 2 heterocycles. The first-order valence-corrected chi connectivity index (χ1v) is 25.7. The Morgan fingerprint density at radius 2 is 1.59 bits per heavy atom. The van der Waals surface area contributed by atoms with Crippen LogP contribution in [0.2, 0.25) is 0 Å². The maximum atomic E-state index is 14.6. The fraction of sp³-hybridized carbons (Fsp3) is 0.706. The highest BCUT2D eigenvalue weighted by Crippen LogP contribution is 2.33. The first-order valence-electron chi connectivity index (χ1n) is 24.8. The van der Waals surface area contributed by atoms with Crippen LogP contribution in [0, 0.1) is 23.7 Å². The SMILES string of the molecule is CC[C@H](C)[C@@H]([C@@H](CC(=O)N1CCC[C@H]1[C@H](OC)[C@@H](C)C(=O)CC(Cc1ccccc1)c1nccs1)OC)N(C)C(=O)[C@@H](NC(=O)C(C(C)C)N(C)C(=O)CCOCCOCCNC(=O)CON)C(C)C. The zero-order valence-electron chi connectivity index (χ0n) is 43.6. The summed E-state index contributed by atoms with van der Waals surface area (Å²) in [6.07, 6.45) is 3.67. The number of ketones is 1. The van der Waals surface area contributed by atoms with Crippen LogP contribution in [0.1, 0.15) is 103 Å². The van der Waals surface area contributed by atoms with E-state index < -0.39 is 42.2 Å². The lowest BCUT2D eigenvalue weighted by Crippen LogP contribution is -2.60. The first kappa shape index (κ1) is 59.9. The van der Waals surface area contributed by atoms with Crippen molar-refractivity contribution in [1.29, 1.82) is 0 Å². The molecule has 18 nitrogen and oxygen atoms in total. The number of likely N-dealkylation sites (tertiary alicyclic amines) is 1. The van der Waals surface area contributed by atoms with Gasteiger partial charge in [0.15, 0.2) is 0 Å². The molecular formula is C51H83N7O11S. The summed E-state index contributed by atoms with van der Waals surface area (Å²) in [4.78, 5) is 95.7. The quantitative estimate of drug-likeness (QED) is 0.0668. The fourth-order valence-electron chi connectivity index (χ4n) is 9.45. The topological polar surface area (TPSA) is 221 Å². The molecule has 394 valence electrons. The van der Waals surface area contributed by atoms with Crippen molar-refractivity contribution in [3.8, 4) is 0 Å². The van der Waals surface area contributed by atoms with Crippen LogP contribution in [0.3, 0.4) is 0 Å². The van der Waals surface area contributed by atoms with Crippen molar-refractivity contribution >= 4 is 46.7 Å². The van der Waals surface area contributed by atoms with Crippen molar-refractivity contribution in [3.63, 3.8) is 0 Å². The van der Waals surface area contributed by atoms with Gasteiger partial charge in [0.25, 0.3) is 0 Å². The number of carbonyl (C=O) groups excluding carboxylic acids is 6. The molecule has 0 radical (unpaired) electrons. The van der Waals surface area contributed by atoms with Gasteiger partial charge in [-0.3, -0.25) is 33.6 Å². The van der Waals surface area contributed by atoms with E-state index >= 15 is 0 Å². The van der Waals surface area contributed by atoms with Gasteiger partial charge in [0.1, 0.15) is 24.5 Å². The molecule has 1 aliphatic rings. The number of methoxy groups -OCH3 is 2. The number of nitrogens with zero attached hydrogens (tertiary/aromatic N) is 4. The maximum absolute atomic E-state index is 14.6. The third kappa shape index (κ3) is 18.0. The summed E-state index contributed by atoms with van der Waals surface area (Å²) in [5.74, 6) is 2.05. The van der Waals surface area contributed by atoms with Gasteiger partial charge in [-0.2, -0.15) is 0 Å². The first-order chi connectivity index (χ1) is 33.4. The summed E-state index contributed by atoms with van der Waals surface area (Å²) in [5, 5.41) is 8.42. The van der Waals surface area contributed by atoms with Crippen LogP contribution in [0.4, 0.5) is 0 Å². The van der Waals surface area contributed by atoms with Crippen LogP contribution in [0.15, 0.2) is 41.9 Å². The molecule has 1 aromatic carbocycles. The summed E-state index contributed by atoms with van der Waals surface area (Å²) in [6, 6.07) is 7.41. The minimum atomic E-state index is -0.944. The molecule has 1 aromatic heterocycles. The Morgan fingerprint density at radius 3 is 2.17 bits per heavy atom. The number of ether oxygens (including phenoxy) is 4. The second-order valence-corrected chi connectivity index (χ2v) is 20.0. The van der Waals surface area contributed by atoms with E-state index in [0.717, 1.165) is 17.0 Å². The standard InChI is InChI=1S/C51H83N7O11S/c1-12-35(6)47(57(9)51(64)45(33(2)3)55-49(63)46(34(4)5)56(8)43(61)20-24-67-26-27-68-25-21-53-42(60)32-69-52)41(65-10)31-44(62)58-23-16-19-39(58)48(66-11)36(7)40(59)30-38(50-54-22-28-70-50)29-37-17-14-13-15-18-37/h13-15,17-18,22,28,33-36,38-39,41,45-48H,12,16,19-21,23-27,29-32,52H2,1-11H3,(H,53,60)(H,55,63)/t35-,36-,38?,39-,41+,45-,46?,47-,48+/m0/s1. The summed E-state index contributed by atoms with van der Waals surface area (Å²) < 4.78 is 23.2. The maximum Gasteiger partial charge on any atom is 0.248 e. The molecular weight excluding hydrogens is 919 g/mol. The lowest BCUT2D eigenvalue weighted by atomic mass is 9.85. The number of hydrogen-bond acceptors (Lipinski definition) is 14. The third-order valence-corrected chi connectivity index (χ3v) is 14.4. The molecule has 3 rings (SSSR count). The van der Waals surface area contributed by atoms with Crippen molar-refractivity contribution < 1.29 is 52.6 Å². The van der Waals surface area contributed by atoms with Gasteiger partial charge in [0.2, 0.25) is 29.5 Å². The molecule has 1 fully saturated rings. The van der Waals surface area contributed by atoms with E-state index in [2.05, 4.69) is 32.6 Å².